The van der Waals surface area contributed by atoms with Crippen molar-refractivity contribution in [1.29, 1.82) is 0 Å². The molecule has 1 aliphatic carbocycles. The van der Waals surface area contributed by atoms with Crippen molar-refractivity contribution >= 4 is 17.3 Å². The van der Waals surface area contributed by atoms with Gasteiger partial charge in [-0.15, -0.1) is 0 Å². The number of nitrogens with zero attached hydrogens (tertiary/aromatic N) is 1. The van der Waals surface area contributed by atoms with E-state index in [4.69, 9.17) is 10.8 Å². The molecular weight excluding hydrogens is 254 g/mol. The van der Waals surface area contributed by atoms with Crippen LogP contribution in [0.2, 0.25) is 0 Å². The highest BCUT2D eigenvalue weighted by atomic mass is 16.3. The molecule has 1 aliphatic rings. The first-order valence-electron chi connectivity index (χ1n) is 6.93. The average molecular weight is 277 g/mol. The minimum Gasteiger partial charge on any atom is -0.397 e. The summed E-state index contributed by atoms with van der Waals surface area (Å²) in [4.78, 5) is 13.5. The highest BCUT2D eigenvalue weighted by Gasteiger charge is 2.41. The molecule has 0 radical (unpaired) electrons. The fraction of sp³-hybridized carbons (Fsp3) is 0.533. The van der Waals surface area contributed by atoms with E-state index in [0.717, 1.165) is 31.5 Å². The number of benzene rings is 1. The third-order valence-corrected chi connectivity index (χ3v) is 3.96. The Kier molecular flexibility index (Phi) is 4.18. The first-order chi connectivity index (χ1) is 9.47. The molecule has 5 heteroatoms. The largest absolute Gasteiger partial charge is 0.397 e. The molecule has 5 nitrogen and oxygen atoms in total. The quantitative estimate of drug-likeness (QED) is 0.689. The van der Waals surface area contributed by atoms with E-state index in [2.05, 4.69) is 5.32 Å². The van der Waals surface area contributed by atoms with Crippen LogP contribution in [0.15, 0.2) is 18.2 Å². The SMILES string of the molecule is CN(C)C(=O)c1ccc(N)c(NCC2(CCO)CC2)c1. The van der Waals surface area contributed by atoms with Crippen molar-refractivity contribution in [3.05, 3.63) is 23.8 Å². The van der Waals surface area contributed by atoms with Crippen LogP contribution in [-0.2, 0) is 0 Å². The summed E-state index contributed by atoms with van der Waals surface area (Å²) in [6, 6.07) is 5.29. The van der Waals surface area contributed by atoms with E-state index in [1.807, 2.05) is 0 Å². The highest BCUT2D eigenvalue weighted by molar-refractivity contribution is 5.95. The van der Waals surface area contributed by atoms with Crippen LogP contribution in [-0.4, -0.2) is 43.2 Å². The summed E-state index contributed by atoms with van der Waals surface area (Å²) in [5.74, 6) is -0.0375. The number of carbonyl (C=O) groups excluding carboxylic acids is 1. The maximum Gasteiger partial charge on any atom is 0.253 e. The van der Waals surface area contributed by atoms with Gasteiger partial charge in [-0.05, 0) is 42.9 Å². The molecular formula is C15H23N3O2. The maximum atomic E-state index is 11.9. The van der Waals surface area contributed by atoms with Crippen molar-refractivity contribution in [1.82, 2.24) is 4.90 Å². The van der Waals surface area contributed by atoms with Gasteiger partial charge in [0.1, 0.15) is 0 Å². The molecule has 0 spiro atoms. The molecule has 1 aromatic rings. The standard InChI is InChI=1S/C15H23N3O2/c1-18(2)14(20)11-3-4-12(16)13(9-11)17-10-15(5-6-15)7-8-19/h3-4,9,17,19H,5-8,10,16H2,1-2H3. The van der Waals surface area contributed by atoms with E-state index in [1.165, 1.54) is 0 Å². The van der Waals surface area contributed by atoms with Crippen LogP contribution in [0.4, 0.5) is 11.4 Å². The molecule has 1 aromatic carbocycles. The summed E-state index contributed by atoms with van der Waals surface area (Å²) in [5.41, 5.74) is 8.22. The summed E-state index contributed by atoms with van der Waals surface area (Å²) >= 11 is 0. The van der Waals surface area contributed by atoms with Crippen LogP contribution in [0.3, 0.4) is 0 Å². The molecule has 1 saturated carbocycles. The third kappa shape index (κ3) is 3.22. The van der Waals surface area contributed by atoms with E-state index >= 15 is 0 Å². The average Bonchev–Trinajstić information content (AvgIpc) is 3.17. The van der Waals surface area contributed by atoms with Gasteiger partial charge in [0.25, 0.3) is 5.91 Å². The second kappa shape index (κ2) is 5.71. The Morgan fingerprint density at radius 2 is 2.15 bits per heavy atom. The van der Waals surface area contributed by atoms with Crippen molar-refractivity contribution in [2.24, 2.45) is 5.41 Å². The lowest BCUT2D eigenvalue weighted by molar-refractivity contribution is 0.0827. The molecule has 1 amide bonds. The molecule has 0 saturated heterocycles. The molecule has 20 heavy (non-hydrogen) atoms. The minimum atomic E-state index is -0.0375. The third-order valence-electron chi connectivity index (χ3n) is 3.96. The number of hydrogen-bond acceptors (Lipinski definition) is 4. The smallest absolute Gasteiger partial charge is 0.253 e. The zero-order valence-corrected chi connectivity index (χ0v) is 12.1. The summed E-state index contributed by atoms with van der Waals surface area (Å²) in [7, 11) is 3.46. The summed E-state index contributed by atoms with van der Waals surface area (Å²) in [6.45, 7) is 1.01. The normalized spacial score (nSPS) is 15.8. The van der Waals surface area contributed by atoms with Gasteiger partial charge in [-0.1, -0.05) is 0 Å². The van der Waals surface area contributed by atoms with E-state index in [1.54, 1.807) is 37.2 Å². The second-order valence-electron chi connectivity index (χ2n) is 5.83. The van der Waals surface area contributed by atoms with Gasteiger partial charge < -0.3 is 21.1 Å². The zero-order chi connectivity index (χ0) is 14.8. The summed E-state index contributed by atoms with van der Waals surface area (Å²) in [5, 5.41) is 12.4. The van der Waals surface area contributed by atoms with Crippen molar-refractivity contribution in [2.45, 2.75) is 19.3 Å². The van der Waals surface area contributed by atoms with Crippen LogP contribution in [0.1, 0.15) is 29.6 Å². The fourth-order valence-corrected chi connectivity index (χ4v) is 2.31. The Labute approximate surface area is 119 Å². The number of rotatable bonds is 6. The molecule has 110 valence electrons. The number of nitrogens with one attached hydrogen (secondary N) is 1. The molecule has 0 heterocycles. The van der Waals surface area contributed by atoms with Gasteiger partial charge in [0, 0.05) is 32.8 Å². The van der Waals surface area contributed by atoms with Gasteiger partial charge in [-0.2, -0.15) is 0 Å². The molecule has 0 aliphatic heterocycles. The van der Waals surface area contributed by atoms with Crippen LogP contribution < -0.4 is 11.1 Å². The van der Waals surface area contributed by atoms with Crippen molar-refractivity contribution < 1.29 is 9.90 Å². The highest BCUT2D eigenvalue weighted by Crippen LogP contribution is 2.48. The fourth-order valence-electron chi connectivity index (χ4n) is 2.31. The van der Waals surface area contributed by atoms with Gasteiger partial charge >= 0.3 is 0 Å². The number of anilines is 2. The van der Waals surface area contributed by atoms with Crippen LogP contribution in [0.25, 0.3) is 0 Å². The Morgan fingerprint density at radius 1 is 1.45 bits per heavy atom. The molecule has 0 bridgehead atoms. The van der Waals surface area contributed by atoms with Gasteiger partial charge in [0.15, 0.2) is 0 Å². The van der Waals surface area contributed by atoms with Gasteiger partial charge in [0.05, 0.1) is 11.4 Å². The molecule has 0 atom stereocenters. The number of aliphatic hydroxyl groups excluding tert-OH is 1. The van der Waals surface area contributed by atoms with Crippen LogP contribution in [0.5, 0.6) is 0 Å². The van der Waals surface area contributed by atoms with E-state index in [-0.39, 0.29) is 17.9 Å². The van der Waals surface area contributed by atoms with Crippen molar-refractivity contribution in [2.75, 3.05) is 38.3 Å². The monoisotopic (exact) mass is 277 g/mol. The lowest BCUT2D eigenvalue weighted by Gasteiger charge is -2.18. The lowest BCUT2D eigenvalue weighted by atomic mass is 10.0. The number of aliphatic hydroxyl groups is 1. The number of nitrogen functional groups attached to an aromatic ring is 1. The van der Waals surface area contributed by atoms with Crippen molar-refractivity contribution in [3.63, 3.8) is 0 Å². The number of carbonyl (C=O) groups is 1. The molecule has 0 unspecified atom stereocenters. The summed E-state index contributed by atoms with van der Waals surface area (Å²) < 4.78 is 0. The number of amides is 1. The van der Waals surface area contributed by atoms with E-state index < -0.39 is 0 Å². The molecule has 2 rings (SSSR count). The Bertz CT molecular complexity index is 496. The van der Waals surface area contributed by atoms with Crippen molar-refractivity contribution in [3.8, 4) is 0 Å². The zero-order valence-electron chi connectivity index (χ0n) is 12.1. The van der Waals surface area contributed by atoms with Gasteiger partial charge in [-0.25, -0.2) is 0 Å². The maximum absolute atomic E-state index is 11.9. The Balaban J connectivity index is 2.07. The Morgan fingerprint density at radius 3 is 2.70 bits per heavy atom. The van der Waals surface area contributed by atoms with Crippen LogP contribution >= 0.6 is 0 Å². The number of hydrogen-bond donors (Lipinski definition) is 3. The topological polar surface area (TPSA) is 78.6 Å². The number of nitrogens with two attached hydrogens (primary N) is 1. The molecule has 4 N–H and O–H groups in total. The summed E-state index contributed by atoms with van der Waals surface area (Å²) in [6.07, 6.45) is 3.09. The van der Waals surface area contributed by atoms with E-state index in [0.29, 0.717) is 11.3 Å². The predicted octanol–water partition coefficient (Wildman–Crippen LogP) is 1.55. The van der Waals surface area contributed by atoms with Gasteiger partial charge in [-0.3, -0.25) is 4.79 Å². The first-order valence-corrected chi connectivity index (χ1v) is 6.93. The lowest BCUT2D eigenvalue weighted by Crippen LogP contribution is -2.22. The second-order valence-corrected chi connectivity index (χ2v) is 5.83. The molecule has 1 fully saturated rings. The first kappa shape index (κ1) is 14.7. The Hall–Kier alpha value is -1.75. The molecule has 0 aromatic heterocycles. The minimum absolute atomic E-state index is 0.0375. The van der Waals surface area contributed by atoms with Gasteiger partial charge in [0.2, 0.25) is 0 Å². The van der Waals surface area contributed by atoms with Crippen LogP contribution in [0, 0.1) is 5.41 Å². The predicted molar refractivity (Wildman–Crippen MR) is 80.7 cm³/mol. The van der Waals surface area contributed by atoms with E-state index in [9.17, 15) is 4.79 Å².